The molecule has 0 aromatic heterocycles. The van der Waals surface area contributed by atoms with E-state index in [2.05, 4.69) is 6.92 Å². The van der Waals surface area contributed by atoms with E-state index in [0.29, 0.717) is 6.04 Å². The van der Waals surface area contributed by atoms with Crippen LogP contribution in [0.15, 0.2) is 0 Å². The molecule has 0 bridgehead atoms. The van der Waals surface area contributed by atoms with Gasteiger partial charge < -0.3 is 9.64 Å². The van der Waals surface area contributed by atoms with Gasteiger partial charge in [0, 0.05) is 12.6 Å². The summed E-state index contributed by atoms with van der Waals surface area (Å²) < 4.78 is 5.51. The zero-order chi connectivity index (χ0) is 12.6. The van der Waals surface area contributed by atoms with Crippen LogP contribution in [0.5, 0.6) is 0 Å². The Hall–Kier alpha value is -0.730. The Morgan fingerprint density at radius 2 is 2.00 bits per heavy atom. The van der Waals surface area contributed by atoms with Crippen molar-refractivity contribution in [2.45, 2.75) is 65.0 Å². The van der Waals surface area contributed by atoms with E-state index in [1.807, 2.05) is 25.7 Å². The summed E-state index contributed by atoms with van der Waals surface area (Å²) in [5.41, 5.74) is -0.381. The van der Waals surface area contributed by atoms with Gasteiger partial charge in [-0.1, -0.05) is 13.3 Å². The van der Waals surface area contributed by atoms with Crippen LogP contribution in [0, 0.1) is 11.8 Å². The van der Waals surface area contributed by atoms with E-state index in [1.54, 1.807) is 0 Å². The second-order valence-electron chi connectivity index (χ2n) is 6.57. The third-order valence-corrected chi connectivity index (χ3v) is 3.77. The maximum absolute atomic E-state index is 12.2. The molecule has 0 radical (unpaired) electrons. The Labute approximate surface area is 105 Å². The molecule has 2 rings (SSSR count). The lowest BCUT2D eigenvalue weighted by molar-refractivity contribution is 0.00759. The molecule has 0 aromatic carbocycles. The molecule has 17 heavy (non-hydrogen) atoms. The molecule has 1 saturated carbocycles. The number of hydrogen-bond donors (Lipinski definition) is 0. The first-order chi connectivity index (χ1) is 7.90. The molecular formula is C14H25NO2. The fraction of sp³-hybridized carbons (Fsp3) is 0.929. The Morgan fingerprint density at radius 3 is 2.59 bits per heavy atom. The molecule has 1 saturated heterocycles. The molecule has 3 nitrogen and oxygen atoms in total. The molecule has 2 fully saturated rings. The number of hydrogen-bond acceptors (Lipinski definition) is 2. The zero-order valence-electron chi connectivity index (χ0n) is 11.5. The first-order valence-electron chi connectivity index (χ1n) is 6.90. The van der Waals surface area contributed by atoms with Gasteiger partial charge in [0.05, 0.1) is 0 Å². The van der Waals surface area contributed by atoms with Gasteiger partial charge in [-0.15, -0.1) is 0 Å². The van der Waals surface area contributed by atoms with Crippen molar-refractivity contribution in [1.82, 2.24) is 4.90 Å². The van der Waals surface area contributed by atoms with Crippen LogP contribution in [0.4, 0.5) is 4.79 Å². The van der Waals surface area contributed by atoms with Crippen molar-refractivity contribution >= 4 is 6.09 Å². The van der Waals surface area contributed by atoms with Gasteiger partial charge >= 0.3 is 6.09 Å². The van der Waals surface area contributed by atoms with Crippen LogP contribution in [0.2, 0.25) is 0 Å². The first kappa shape index (κ1) is 12.7. The predicted molar refractivity (Wildman–Crippen MR) is 67.9 cm³/mol. The molecule has 0 spiro atoms. The van der Waals surface area contributed by atoms with Crippen molar-refractivity contribution < 1.29 is 9.53 Å². The lowest BCUT2D eigenvalue weighted by Gasteiger charge is -2.36. The molecule has 1 aliphatic heterocycles. The maximum atomic E-state index is 12.2. The topological polar surface area (TPSA) is 29.5 Å². The minimum absolute atomic E-state index is 0.110. The van der Waals surface area contributed by atoms with Gasteiger partial charge in [0.2, 0.25) is 0 Å². The van der Waals surface area contributed by atoms with Crippen molar-refractivity contribution in [3.05, 3.63) is 0 Å². The second kappa shape index (κ2) is 4.51. The van der Waals surface area contributed by atoms with Crippen molar-refractivity contribution in [3.8, 4) is 0 Å². The molecule has 3 atom stereocenters. The van der Waals surface area contributed by atoms with Gasteiger partial charge in [-0.2, -0.15) is 0 Å². The Balaban J connectivity index is 1.98. The third-order valence-electron chi connectivity index (χ3n) is 3.77. The van der Waals surface area contributed by atoms with Crippen molar-refractivity contribution in [2.24, 2.45) is 11.8 Å². The summed E-state index contributed by atoms with van der Waals surface area (Å²) in [6, 6.07) is 0.415. The summed E-state index contributed by atoms with van der Waals surface area (Å²) in [5.74, 6) is 1.65. The number of nitrogens with zero attached hydrogens (tertiary/aromatic N) is 1. The predicted octanol–water partition coefficient (Wildman–Crippen LogP) is 3.43. The molecule has 1 aliphatic carbocycles. The Morgan fingerprint density at radius 1 is 1.29 bits per heavy atom. The van der Waals surface area contributed by atoms with Gasteiger partial charge in [-0.05, 0) is 51.9 Å². The minimum atomic E-state index is -0.381. The van der Waals surface area contributed by atoms with Gasteiger partial charge in [-0.3, -0.25) is 0 Å². The van der Waals surface area contributed by atoms with Gasteiger partial charge in [0.1, 0.15) is 5.60 Å². The highest BCUT2D eigenvalue weighted by Gasteiger charge is 2.47. The number of carbonyl (C=O) groups excluding carboxylic acids is 1. The van der Waals surface area contributed by atoms with E-state index in [-0.39, 0.29) is 11.7 Å². The molecule has 3 heteroatoms. The summed E-state index contributed by atoms with van der Waals surface area (Å²) in [6.07, 6.45) is 4.66. The standard InChI is InChI=1S/C14H25NO2/c1-5-6-12-8-10-7-11(10)9-15(12)13(16)17-14(2,3)4/h10-12H,5-9H2,1-4H3. The zero-order valence-corrected chi connectivity index (χ0v) is 11.5. The second-order valence-corrected chi connectivity index (χ2v) is 6.57. The van der Waals surface area contributed by atoms with E-state index in [9.17, 15) is 4.79 Å². The number of rotatable bonds is 2. The van der Waals surface area contributed by atoms with E-state index in [0.717, 1.165) is 31.2 Å². The molecule has 2 aliphatic rings. The average Bonchev–Trinajstić information content (AvgIpc) is 2.92. The van der Waals surface area contributed by atoms with Gasteiger partial charge in [-0.25, -0.2) is 4.79 Å². The third kappa shape index (κ3) is 3.14. The van der Waals surface area contributed by atoms with Crippen molar-refractivity contribution in [1.29, 1.82) is 0 Å². The largest absolute Gasteiger partial charge is 0.444 e. The number of ether oxygens (including phenoxy) is 1. The number of fused-ring (bicyclic) bond motifs is 1. The van der Waals surface area contributed by atoms with Gasteiger partial charge in [0.15, 0.2) is 0 Å². The van der Waals surface area contributed by atoms with E-state index in [1.165, 1.54) is 12.8 Å². The van der Waals surface area contributed by atoms with Crippen LogP contribution in [0.25, 0.3) is 0 Å². The normalized spacial score (nSPS) is 32.0. The monoisotopic (exact) mass is 239 g/mol. The summed E-state index contributed by atoms with van der Waals surface area (Å²) in [6.45, 7) is 8.91. The molecular weight excluding hydrogens is 214 g/mol. The van der Waals surface area contributed by atoms with Crippen LogP contribution in [0.3, 0.4) is 0 Å². The summed E-state index contributed by atoms with van der Waals surface area (Å²) in [4.78, 5) is 14.2. The lowest BCUT2D eigenvalue weighted by atomic mass is 9.98. The fourth-order valence-corrected chi connectivity index (χ4v) is 2.85. The lowest BCUT2D eigenvalue weighted by Crippen LogP contribution is -2.46. The highest BCUT2D eigenvalue weighted by Crippen LogP contribution is 2.48. The van der Waals surface area contributed by atoms with Crippen LogP contribution in [-0.4, -0.2) is 29.2 Å². The summed E-state index contributed by atoms with van der Waals surface area (Å²) >= 11 is 0. The van der Waals surface area contributed by atoms with Crippen LogP contribution >= 0.6 is 0 Å². The minimum Gasteiger partial charge on any atom is -0.444 e. The molecule has 0 N–H and O–H groups in total. The molecule has 98 valence electrons. The van der Waals surface area contributed by atoms with E-state index < -0.39 is 0 Å². The number of carbonyl (C=O) groups is 1. The van der Waals surface area contributed by atoms with Crippen LogP contribution in [0.1, 0.15) is 53.4 Å². The average molecular weight is 239 g/mol. The Bertz CT molecular complexity index is 295. The van der Waals surface area contributed by atoms with E-state index in [4.69, 9.17) is 4.74 Å². The number of likely N-dealkylation sites (tertiary alicyclic amines) is 1. The summed E-state index contributed by atoms with van der Waals surface area (Å²) in [5, 5.41) is 0. The maximum Gasteiger partial charge on any atom is 0.410 e. The van der Waals surface area contributed by atoms with Crippen molar-refractivity contribution in [2.75, 3.05) is 6.54 Å². The van der Waals surface area contributed by atoms with E-state index >= 15 is 0 Å². The molecule has 0 aromatic rings. The number of amides is 1. The molecule has 1 amide bonds. The quantitative estimate of drug-likeness (QED) is 0.739. The van der Waals surface area contributed by atoms with Crippen LogP contribution in [-0.2, 0) is 4.74 Å². The first-order valence-corrected chi connectivity index (χ1v) is 6.90. The Kier molecular flexibility index (Phi) is 3.37. The SMILES string of the molecule is CCCC1CC2CC2CN1C(=O)OC(C)(C)C. The van der Waals surface area contributed by atoms with Crippen LogP contribution < -0.4 is 0 Å². The van der Waals surface area contributed by atoms with Gasteiger partial charge in [0.25, 0.3) is 0 Å². The smallest absolute Gasteiger partial charge is 0.410 e. The fourth-order valence-electron chi connectivity index (χ4n) is 2.85. The molecule has 1 heterocycles. The van der Waals surface area contributed by atoms with Crippen molar-refractivity contribution in [3.63, 3.8) is 0 Å². The highest BCUT2D eigenvalue weighted by atomic mass is 16.6. The molecule has 3 unspecified atom stereocenters. The summed E-state index contributed by atoms with van der Waals surface area (Å²) in [7, 11) is 0. The highest BCUT2D eigenvalue weighted by molar-refractivity contribution is 5.69. The number of piperidine rings is 1.